The molecule has 0 saturated carbocycles. The van der Waals surface area contributed by atoms with Gasteiger partial charge in [-0.3, -0.25) is 0 Å². The fraction of sp³-hybridized carbons (Fsp3) is 0. The van der Waals surface area contributed by atoms with E-state index in [1.807, 2.05) is 0 Å². The van der Waals surface area contributed by atoms with E-state index in [2.05, 4.69) is 132 Å². The molecule has 0 amide bonds. The molecule has 0 aliphatic heterocycles. The highest BCUT2D eigenvalue weighted by molar-refractivity contribution is 6.26. The summed E-state index contributed by atoms with van der Waals surface area (Å²) in [6.07, 6.45) is 0. The predicted octanol–water partition coefficient (Wildman–Crippen LogP) is 9.89. The maximum Gasteiger partial charge on any atom is 0.0626 e. The van der Waals surface area contributed by atoms with E-state index in [9.17, 15) is 0 Å². The summed E-state index contributed by atoms with van der Waals surface area (Å²) < 4.78 is 2.49. The molecule has 9 rings (SSSR count). The van der Waals surface area contributed by atoms with E-state index in [-0.39, 0.29) is 0 Å². The molecule has 1 aliphatic rings. The van der Waals surface area contributed by atoms with Crippen LogP contribution >= 0.6 is 0 Å². The molecular weight excluding hydrogens is 446 g/mol. The van der Waals surface area contributed by atoms with Gasteiger partial charge in [0.2, 0.25) is 0 Å². The van der Waals surface area contributed by atoms with Crippen LogP contribution in [0.25, 0.3) is 82.1 Å². The van der Waals surface area contributed by atoms with Gasteiger partial charge in [-0.25, -0.2) is 0 Å². The maximum absolute atomic E-state index is 2.49. The summed E-state index contributed by atoms with van der Waals surface area (Å²) in [6, 6.07) is 46.9. The zero-order valence-corrected chi connectivity index (χ0v) is 20.1. The largest absolute Gasteiger partial charge is 0.309 e. The lowest BCUT2D eigenvalue weighted by atomic mass is 9.94. The summed E-state index contributed by atoms with van der Waals surface area (Å²) in [6.45, 7) is 0. The number of para-hydroxylation sites is 1. The van der Waals surface area contributed by atoms with Crippen molar-refractivity contribution in [3.8, 4) is 28.1 Å². The molecular formula is C36H21N. The van der Waals surface area contributed by atoms with Gasteiger partial charge in [0.25, 0.3) is 0 Å². The highest BCUT2D eigenvalue weighted by atomic mass is 15.0. The van der Waals surface area contributed by atoms with Crippen LogP contribution in [0.5, 0.6) is 0 Å². The molecule has 37 heavy (non-hydrogen) atoms. The van der Waals surface area contributed by atoms with Crippen molar-refractivity contribution < 1.29 is 0 Å². The van der Waals surface area contributed by atoms with Gasteiger partial charge in [0, 0.05) is 22.2 Å². The third-order valence-corrected chi connectivity index (χ3v) is 8.29. The number of nitrogens with zero attached hydrogens (tertiary/aromatic N) is 1. The van der Waals surface area contributed by atoms with E-state index in [0.717, 1.165) is 0 Å². The van der Waals surface area contributed by atoms with Crippen LogP contribution in [-0.4, -0.2) is 4.57 Å². The Hall–Kier alpha value is -4.88. The SMILES string of the molecule is c1cc2c3c(cccc3c1)-c1c-2c2ccccc2n1-c1ccc2c3ccccc3c3ccccc3c2c1. The van der Waals surface area contributed by atoms with Crippen molar-refractivity contribution in [1.82, 2.24) is 4.57 Å². The van der Waals surface area contributed by atoms with Crippen molar-refractivity contribution in [2.45, 2.75) is 0 Å². The molecule has 0 spiro atoms. The van der Waals surface area contributed by atoms with Gasteiger partial charge in [-0.1, -0.05) is 109 Å². The van der Waals surface area contributed by atoms with E-state index in [0.29, 0.717) is 0 Å². The lowest BCUT2D eigenvalue weighted by Crippen LogP contribution is -1.97. The molecule has 1 aromatic heterocycles. The quantitative estimate of drug-likeness (QED) is 0.212. The molecule has 1 aliphatic carbocycles. The van der Waals surface area contributed by atoms with Crippen LogP contribution < -0.4 is 0 Å². The Kier molecular flexibility index (Phi) is 3.59. The molecule has 0 fully saturated rings. The molecule has 0 N–H and O–H groups in total. The van der Waals surface area contributed by atoms with Crippen molar-refractivity contribution in [2.75, 3.05) is 0 Å². The molecule has 170 valence electrons. The second kappa shape index (κ2) is 6.87. The van der Waals surface area contributed by atoms with Crippen molar-refractivity contribution >= 4 is 54.0 Å². The van der Waals surface area contributed by atoms with Crippen molar-refractivity contribution in [3.63, 3.8) is 0 Å². The van der Waals surface area contributed by atoms with E-state index in [1.54, 1.807) is 0 Å². The highest BCUT2D eigenvalue weighted by Gasteiger charge is 2.29. The first-order valence-corrected chi connectivity index (χ1v) is 12.9. The van der Waals surface area contributed by atoms with Crippen molar-refractivity contribution in [2.24, 2.45) is 0 Å². The second-order valence-corrected chi connectivity index (χ2v) is 10.1. The molecule has 0 bridgehead atoms. The average molecular weight is 468 g/mol. The molecule has 0 saturated heterocycles. The summed E-state index contributed by atoms with van der Waals surface area (Å²) in [5.41, 5.74) is 7.78. The van der Waals surface area contributed by atoms with Gasteiger partial charge in [0.15, 0.2) is 0 Å². The Labute approximate surface area is 213 Å². The smallest absolute Gasteiger partial charge is 0.0626 e. The number of hydrogen-bond acceptors (Lipinski definition) is 0. The number of benzene rings is 7. The molecule has 0 unspecified atom stereocenters. The normalized spacial score (nSPS) is 12.3. The van der Waals surface area contributed by atoms with E-state index in [1.165, 1.54) is 82.1 Å². The maximum atomic E-state index is 2.49. The topological polar surface area (TPSA) is 4.93 Å². The third-order valence-electron chi connectivity index (χ3n) is 8.29. The number of fused-ring (bicyclic) bond motifs is 11. The second-order valence-electron chi connectivity index (χ2n) is 10.1. The highest BCUT2D eigenvalue weighted by Crippen LogP contribution is 2.52. The Morgan fingerprint density at radius 2 is 0.973 bits per heavy atom. The van der Waals surface area contributed by atoms with Gasteiger partial charge in [-0.2, -0.15) is 0 Å². The summed E-state index contributed by atoms with van der Waals surface area (Å²) in [5.74, 6) is 0. The molecule has 1 heteroatoms. The van der Waals surface area contributed by atoms with Gasteiger partial charge in [0.1, 0.15) is 0 Å². The lowest BCUT2D eigenvalue weighted by molar-refractivity contribution is 1.15. The van der Waals surface area contributed by atoms with Crippen molar-refractivity contribution in [3.05, 3.63) is 127 Å². The first kappa shape index (κ1) is 19.3. The number of rotatable bonds is 1. The van der Waals surface area contributed by atoms with E-state index >= 15 is 0 Å². The van der Waals surface area contributed by atoms with Crippen LogP contribution in [0.1, 0.15) is 0 Å². The average Bonchev–Trinajstić information content (AvgIpc) is 3.48. The fourth-order valence-electron chi connectivity index (χ4n) is 6.82. The Morgan fingerprint density at radius 3 is 1.68 bits per heavy atom. The van der Waals surface area contributed by atoms with Crippen LogP contribution in [0.4, 0.5) is 0 Å². The zero-order valence-electron chi connectivity index (χ0n) is 20.1. The molecule has 0 radical (unpaired) electrons. The minimum Gasteiger partial charge on any atom is -0.309 e. The summed E-state index contributed by atoms with van der Waals surface area (Å²) >= 11 is 0. The van der Waals surface area contributed by atoms with Crippen LogP contribution in [0.3, 0.4) is 0 Å². The van der Waals surface area contributed by atoms with Gasteiger partial charge in [-0.05, 0) is 66.9 Å². The van der Waals surface area contributed by atoms with Crippen molar-refractivity contribution in [1.29, 1.82) is 0 Å². The fourth-order valence-corrected chi connectivity index (χ4v) is 6.82. The van der Waals surface area contributed by atoms with E-state index in [4.69, 9.17) is 0 Å². The standard InChI is InChI=1S/C36H21N/c1-2-13-26-24(11-1)25-12-3-4-14-27(25)32-21-23(19-20-28(26)32)37-33-18-6-5-15-29(33)35-30-16-7-9-22-10-8-17-31(34(22)30)36(35)37/h1-21H. The number of hydrogen-bond donors (Lipinski definition) is 0. The van der Waals surface area contributed by atoms with Gasteiger partial charge >= 0.3 is 0 Å². The minimum absolute atomic E-state index is 1.20. The van der Waals surface area contributed by atoms with Crippen LogP contribution in [0.15, 0.2) is 127 Å². The molecule has 0 atom stereocenters. The van der Waals surface area contributed by atoms with Gasteiger partial charge < -0.3 is 4.57 Å². The summed E-state index contributed by atoms with van der Waals surface area (Å²) in [4.78, 5) is 0. The monoisotopic (exact) mass is 467 g/mol. The Bertz CT molecular complexity index is 2210. The minimum atomic E-state index is 1.20. The van der Waals surface area contributed by atoms with Crippen LogP contribution in [0, 0.1) is 0 Å². The third kappa shape index (κ3) is 2.39. The van der Waals surface area contributed by atoms with Gasteiger partial charge in [-0.15, -0.1) is 0 Å². The summed E-state index contributed by atoms with van der Waals surface area (Å²) in [7, 11) is 0. The molecule has 8 aromatic rings. The lowest BCUT2D eigenvalue weighted by Gasteiger charge is -2.15. The first-order chi connectivity index (χ1) is 18.4. The van der Waals surface area contributed by atoms with Crippen LogP contribution in [-0.2, 0) is 0 Å². The van der Waals surface area contributed by atoms with Gasteiger partial charge in [0.05, 0.1) is 11.2 Å². The first-order valence-electron chi connectivity index (χ1n) is 12.9. The Morgan fingerprint density at radius 1 is 0.405 bits per heavy atom. The summed E-state index contributed by atoms with van der Waals surface area (Å²) in [5, 5.41) is 11.8. The zero-order chi connectivity index (χ0) is 24.1. The van der Waals surface area contributed by atoms with Crippen LogP contribution in [0.2, 0.25) is 0 Å². The molecule has 1 heterocycles. The molecule has 7 aromatic carbocycles. The Balaban J connectivity index is 1.45. The predicted molar refractivity (Wildman–Crippen MR) is 158 cm³/mol. The van der Waals surface area contributed by atoms with E-state index < -0.39 is 0 Å². The number of aromatic nitrogens is 1. The molecule has 1 nitrogen and oxygen atoms in total.